The van der Waals surface area contributed by atoms with Crippen molar-refractivity contribution >= 4 is 23.6 Å². The summed E-state index contributed by atoms with van der Waals surface area (Å²) < 4.78 is 30.5. The van der Waals surface area contributed by atoms with E-state index in [9.17, 15) is 29.7 Å². The van der Waals surface area contributed by atoms with Crippen molar-refractivity contribution in [1.82, 2.24) is 9.80 Å². The van der Waals surface area contributed by atoms with Crippen LogP contribution in [-0.4, -0.2) is 143 Å². The maximum absolute atomic E-state index is 14.2. The quantitative estimate of drug-likeness (QED) is 0.182. The van der Waals surface area contributed by atoms with Gasteiger partial charge in [0.05, 0.1) is 36.2 Å². The second-order valence-corrected chi connectivity index (χ2v) is 17.3. The first kappa shape index (κ1) is 47.5. The molecule has 328 valence electrons. The number of aliphatic hydroxyl groups is 3. The van der Waals surface area contributed by atoms with E-state index >= 15 is 0 Å². The summed E-state index contributed by atoms with van der Waals surface area (Å²) in [6.45, 7) is 14.4. The van der Waals surface area contributed by atoms with E-state index in [4.69, 9.17) is 28.5 Å². The minimum atomic E-state index is -1.96. The Hall–Kier alpha value is -3.18. The Bertz CT molecular complexity index is 1540. The van der Waals surface area contributed by atoms with Crippen LogP contribution in [0, 0.1) is 23.7 Å². The van der Waals surface area contributed by atoms with Crippen LogP contribution in [0.4, 0.5) is 4.79 Å². The minimum absolute atomic E-state index is 0.137. The fourth-order valence-electron chi connectivity index (χ4n) is 8.75. The maximum atomic E-state index is 14.2. The normalized spacial score (nSPS) is 39.2. The van der Waals surface area contributed by atoms with E-state index < -0.39 is 89.5 Å². The zero-order valence-electron chi connectivity index (χ0n) is 36.3. The lowest BCUT2D eigenvalue weighted by Gasteiger charge is -2.47. The summed E-state index contributed by atoms with van der Waals surface area (Å²) in [5.41, 5.74) is -1.99. The van der Waals surface area contributed by atoms with Crippen LogP contribution in [0.1, 0.15) is 93.1 Å². The number of benzene rings is 1. The summed E-state index contributed by atoms with van der Waals surface area (Å²) in [4.78, 5) is 50.7. The Morgan fingerprint density at radius 2 is 1.72 bits per heavy atom. The van der Waals surface area contributed by atoms with Crippen LogP contribution in [0.5, 0.6) is 0 Å². The molecule has 3 fully saturated rings. The third-order valence-corrected chi connectivity index (χ3v) is 12.5. The van der Waals surface area contributed by atoms with Crippen molar-refractivity contribution in [3.05, 3.63) is 35.9 Å². The number of nitrogens with zero attached hydrogens (tertiary/aromatic N) is 3. The molecule has 58 heavy (non-hydrogen) atoms. The van der Waals surface area contributed by atoms with Gasteiger partial charge in [-0.3, -0.25) is 9.59 Å². The van der Waals surface area contributed by atoms with Crippen LogP contribution in [0.25, 0.3) is 0 Å². The second kappa shape index (κ2) is 20.4. The smallest absolute Gasteiger partial charge is 0.410 e. The number of oxime groups is 1. The van der Waals surface area contributed by atoms with Crippen molar-refractivity contribution in [3.63, 3.8) is 0 Å². The number of cyclic esters (lactones) is 1. The van der Waals surface area contributed by atoms with Crippen LogP contribution in [-0.2, 0) is 44.7 Å². The molecule has 0 bridgehead atoms. The van der Waals surface area contributed by atoms with E-state index in [1.54, 1.807) is 32.6 Å². The number of hydrogen-bond donors (Lipinski definition) is 3. The predicted molar refractivity (Wildman–Crippen MR) is 216 cm³/mol. The van der Waals surface area contributed by atoms with E-state index in [0.717, 1.165) is 5.56 Å². The van der Waals surface area contributed by atoms with Crippen molar-refractivity contribution in [2.75, 3.05) is 34.3 Å². The summed E-state index contributed by atoms with van der Waals surface area (Å²) in [6.07, 6.45) is -5.05. The predicted octanol–water partition coefficient (Wildman–Crippen LogP) is 4.33. The lowest BCUT2D eigenvalue weighted by atomic mass is 9.74. The van der Waals surface area contributed by atoms with Crippen molar-refractivity contribution in [3.8, 4) is 0 Å². The van der Waals surface area contributed by atoms with Crippen molar-refractivity contribution in [1.29, 1.82) is 0 Å². The van der Waals surface area contributed by atoms with Crippen molar-refractivity contribution in [2.45, 2.75) is 154 Å². The van der Waals surface area contributed by atoms with Gasteiger partial charge in [0.25, 0.3) is 0 Å². The van der Waals surface area contributed by atoms with E-state index in [1.807, 2.05) is 63.2 Å². The largest absolute Gasteiger partial charge is 0.459 e. The van der Waals surface area contributed by atoms with Gasteiger partial charge in [-0.2, -0.15) is 0 Å². The molecule has 1 aromatic carbocycles. The van der Waals surface area contributed by atoms with Gasteiger partial charge >= 0.3 is 12.1 Å². The number of amides is 1. The monoisotopic (exact) mass is 819 g/mol. The number of likely N-dealkylation sites (N-methyl/N-ethyl adjacent to an activating group) is 1. The van der Waals surface area contributed by atoms with E-state index in [1.165, 1.54) is 21.0 Å². The lowest BCUT2D eigenvalue weighted by molar-refractivity contribution is -0.295. The second-order valence-electron chi connectivity index (χ2n) is 17.3. The Morgan fingerprint density at radius 3 is 2.34 bits per heavy atom. The number of ether oxygens (including phenoxy) is 5. The third kappa shape index (κ3) is 11.1. The molecule has 15 heteroatoms. The first-order valence-corrected chi connectivity index (χ1v) is 20.8. The summed E-state index contributed by atoms with van der Waals surface area (Å²) in [5.74, 6) is -4.95. The number of Topliss-reactive ketones (excluding diaryl/α,β-unsaturated/α-hetero) is 1. The number of aliphatic hydroxyl groups excluding tert-OH is 2. The molecule has 0 saturated carbocycles. The van der Waals surface area contributed by atoms with Crippen LogP contribution in [0.3, 0.4) is 0 Å². The molecule has 1 aromatic rings. The molecule has 1 amide bonds. The summed E-state index contributed by atoms with van der Waals surface area (Å²) in [7, 11) is 5.24. The van der Waals surface area contributed by atoms with E-state index in [-0.39, 0.29) is 38.1 Å². The Morgan fingerprint density at radius 1 is 1.05 bits per heavy atom. The average molecular weight is 820 g/mol. The number of ketones is 1. The molecule has 0 aliphatic carbocycles. The molecule has 4 rings (SSSR count). The molecule has 3 saturated heterocycles. The number of esters is 1. The average Bonchev–Trinajstić information content (AvgIpc) is 3.20. The number of methoxy groups -OCH3 is 1. The first-order valence-electron chi connectivity index (χ1n) is 20.8. The van der Waals surface area contributed by atoms with Gasteiger partial charge in [0.2, 0.25) is 0 Å². The fourth-order valence-corrected chi connectivity index (χ4v) is 8.75. The van der Waals surface area contributed by atoms with Gasteiger partial charge in [-0.05, 0) is 79.5 Å². The third-order valence-electron chi connectivity index (χ3n) is 12.5. The standard InChI is InChI=1S/C43H69N3O12/c1-12-33-43(8,52)37(49)27(4)34(44-58-31-19-16-20-46(23-31)41(51)54-24-30-17-14-13-15-18-30)25(2)22-42(7,53-11)38(28(5)35(47)29(6)39(50)56-33)57-40-36(48)32(45(9)10)21-26(3)55-40/h13-15,17-18,25-29,31-33,36-38,40,48-49,52H,12,16,19-24H2,1-11H3/b44-34+/t25-,26-,27-,28+,29-,31?,32+,33+,36-,37-,38-,40+,42+,43-/m1/s1. The molecule has 0 radical (unpaired) electrons. The lowest BCUT2D eigenvalue weighted by Crippen LogP contribution is -2.60. The molecular weight excluding hydrogens is 750 g/mol. The van der Waals surface area contributed by atoms with E-state index in [2.05, 4.69) is 5.16 Å². The Balaban J connectivity index is 1.71. The van der Waals surface area contributed by atoms with Gasteiger partial charge in [0.1, 0.15) is 36.4 Å². The highest BCUT2D eigenvalue weighted by molar-refractivity contribution is 6.00. The van der Waals surface area contributed by atoms with Gasteiger partial charge in [-0.1, -0.05) is 63.2 Å². The van der Waals surface area contributed by atoms with Gasteiger partial charge < -0.3 is 53.6 Å². The fraction of sp³-hybridized carbons (Fsp3) is 0.767. The number of likely N-dealkylation sites (tertiary alicyclic amines) is 1. The zero-order chi connectivity index (χ0) is 43.1. The molecule has 3 N–H and O–H groups in total. The van der Waals surface area contributed by atoms with Gasteiger partial charge in [0.15, 0.2) is 12.1 Å². The number of hydrogen-bond acceptors (Lipinski definition) is 14. The number of carbonyl (C=O) groups is 3. The number of carbonyl (C=O) groups excluding carboxylic acids is 3. The summed E-state index contributed by atoms with van der Waals surface area (Å²) in [5, 5.41) is 40.0. The highest BCUT2D eigenvalue weighted by atomic mass is 16.7. The van der Waals surface area contributed by atoms with Gasteiger partial charge in [-0.15, -0.1) is 0 Å². The molecule has 3 heterocycles. The van der Waals surface area contributed by atoms with E-state index in [0.29, 0.717) is 31.5 Å². The highest BCUT2D eigenvalue weighted by Gasteiger charge is 2.51. The molecule has 3 aliphatic heterocycles. The van der Waals surface area contributed by atoms with Crippen LogP contribution in [0.2, 0.25) is 0 Å². The van der Waals surface area contributed by atoms with Crippen LogP contribution >= 0.6 is 0 Å². The molecule has 14 atom stereocenters. The van der Waals surface area contributed by atoms with Crippen LogP contribution < -0.4 is 0 Å². The summed E-state index contributed by atoms with van der Waals surface area (Å²) >= 11 is 0. The zero-order valence-corrected chi connectivity index (χ0v) is 36.3. The topological polar surface area (TPSA) is 186 Å². The molecule has 3 aliphatic rings. The summed E-state index contributed by atoms with van der Waals surface area (Å²) in [6, 6.07) is 9.13. The Kier molecular flexibility index (Phi) is 16.7. The molecule has 15 nitrogen and oxygen atoms in total. The van der Waals surface area contributed by atoms with Crippen LogP contribution in [0.15, 0.2) is 35.5 Å². The van der Waals surface area contributed by atoms with Crippen molar-refractivity contribution in [2.24, 2.45) is 28.8 Å². The first-order chi connectivity index (χ1) is 27.2. The minimum Gasteiger partial charge on any atom is -0.459 e. The SMILES string of the molecule is CC[C@@H]1OC(=O)[C@H](C)C(=O)[C@H](C)[C@@H](O[C@@H]2O[C@H](C)C[C@H](N(C)C)[C@H]2O)[C@@](C)(OC)C[C@@H](C)/C(=N\OC2CCCN(C(=O)OCc3ccccc3)C2)[C@@H](C)[C@@H](O)[C@]1(C)O. The van der Waals surface area contributed by atoms with Crippen molar-refractivity contribution < 1.29 is 58.2 Å². The number of rotatable bonds is 9. The maximum Gasteiger partial charge on any atom is 0.410 e. The highest BCUT2D eigenvalue weighted by Crippen LogP contribution is 2.39. The van der Waals surface area contributed by atoms with Gasteiger partial charge in [-0.25, -0.2) is 4.79 Å². The molecule has 0 spiro atoms. The molecule has 1 unspecified atom stereocenters. The number of piperidine rings is 1. The van der Waals surface area contributed by atoms with Gasteiger partial charge in [0, 0.05) is 37.5 Å². The molecule has 0 aromatic heterocycles. The Labute approximate surface area is 344 Å². The molecular formula is C43H69N3O12.